The van der Waals surface area contributed by atoms with Crippen LogP contribution in [0.4, 0.5) is 11.4 Å². The average molecular weight is 925 g/mol. The van der Waals surface area contributed by atoms with E-state index >= 15 is 0 Å². The van der Waals surface area contributed by atoms with Gasteiger partial charge in [-0.05, 0) is 116 Å². The Morgan fingerprint density at radius 3 is 1.71 bits per heavy atom. The molecule has 0 aliphatic rings. The van der Waals surface area contributed by atoms with Gasteiger partial charge in [-0.15, -0.1) is 6.58 Å². The zero-order chi connectivity index (χ0) is 50.3. The number of para-hydroxylation sites is 4. The number of benzene rings is 7. The summed E-state index contributed by atoms with van der Waals surface area (Å²) in [5.74, 6) is 1.49. The first kappa shape index (κ1) is 50.9. The molecule has 6 nitrogen and oxygen atoms in total. The lowest BCUT2D eigenvalue weighted by Gasteiger charge is -2.30. The Morgan fingerprint density at radius 2 is 1.13 bits per heavy atom. The Hall–Kier alpha value is -8.48. The fraction of sp³-hybridized carbons (Fsp3) is 0.125. The number of aryl methyl sites for hydroxylation is 2. The fourth-order valence-electron chi connectivity index (χ4n) is 8.39. The highest BCUT2D eigenvalue weighted by molar-refractivity contribution is 5.93. The highest BCUT2D eigenvalue weighted by Gasteiger charge is 2.24. The summed E-state index contributed by atoms with van der Waals surface area (Å²) in [6, 6.07) is 47.5. The van der Waals surface area contributed by atoms with Gasteiger partial charge in [0.25, 0.3) is 0 Å². The monoisotopic (exact) mass is 924 g/mol. The molecule has 6 heteroatoms. The molecule has 8 aromatic rings. The number of hydrogen-bond donors (Lipinski definition) is 2. The number of aromatic hydroxyl groups is 2. The Labute approximate surface area is 415 Å². The van der Waals surface area contributed by atoms with Crippen molar-refractivity contribution in [3.8, 4) is 50.9 Å². The van der Waals surface area contributed by atoms with Crippen molar-refractivity contribution in [3.63, 3.8) is 0 Å². The third-order valence-electron chi connectivity index (χ3n) is 11.6. The molecule has 0 fully saturated rings. The molecular weight excluding hydrogens is 861 g/mol. The molecule has 0 bridgehead atoms. The molecule has 1 aromatic heterocycles. The first-order valence-electron chi connectivity index (χ1n) is 23.5. The minimum Gasteiger partial charge on any atom is -0.505 e. The van der Waals surface area contributed by atoms with E-state index in [0.29, 0.717) is 39.7 Å². The summed E-state index contributed by atoms with van der Waals surface area (Å²) in [5, 5.41) is 25.3. The van der Waals surface area contributed by atoms with Gasteiger partial charge < -0.3 is 29.2 Å². The first-order chi connectivity index (χ1) is 34.0. The number of rotatable bonds is 16. The van der Waals surface area contributed by atoms with Crippen LogP contribution in [0.5, 0.6) is 23.0 Å². The smallest absolute Gasteiger partial charge is 0.147 e. The number of nitrogens with zero attached hydrogens (tertiary/aromatic N) is 2. The minimum absolute atomic E-state index is 0.0822. The molecule has 70 heavy (non-hydrogen) atoms. The molecule has 0 aliphatic carbocycles. The molecule has 0 unspecified atom stereocenters. The maximum absolute atomic E-state index is 12.3. The van der Waals surface area contributed by atoms with E-state index < -0.39 is 0 Å². The van der Waals surface area contributed by atoms with Crippen LogP contribution in [0.2, 0.25) is 0 Å². The number of ether oxygens (including phenoxy) is 2. The normalized spacial score (nSPS) is 10.6. The second kappa shape index (κ2) is 24.0. The molecular formula is C64H64N2O4. The summed E-state index contributed by atoms with van der Waals surface area (Å²) < 4.78 is 15.3. The molecule has 0 atom stereocenters. The van der Waals surface area contributed by atoms with Crippen molar-refractivity contribution in [2.45, 2.75) is 54.8 Å². The summed E-state index contributed by atoms with van der Waals surface area (Å²) >= 11 is 0. The third kappa shape index (κ3) is 11.1. The van der Waals surface area contributed by atoms with E-state index in [1.165, 1.54) is 0 Å². The van der Waals surface area contributed by atoms with E-state index in [1.807, 2.05) is 215 Å². The number of allylic oxidation sites excluding steroid dienone is 5. The van der Waals surface area contributed by atoms with Crippen LogP contribution in [0, 0.1) is 13.8 Å². The van der Waals surface area contributed by atoms with Gasteiger partial charge in [0.2, 0.25) is 0 Å². The van der Waals surface area contributed by atoms with Crippen LogP contribution in [0.1, 0.15) is 61.1 Å². The highest BCUT2D eigenvalue weighted by atomic mass is 16.5. The van der Waals surface area contributed by atoms with Gasteiger partial charge in [-0.2, -0.15) is 0 Å². The van der Waals surface area contributed by atoms with Crippen LogP contribution in [0.15, 0.2) is 215 Å². The highest BCUT2D eigenvalue weighted by Crippen LogP contribution is 2.47. The quantitative estimate of drug-likeness (QED) is 0.0746. The van der Waals surface area contributed by atoms with Crippen LogP contribution in [-0.2, 0) is 13.2 Å². The molecule has 0 amide bonds. The van der Waals surface area contributed by atoms with Crippen LogP contribution < -0.4 is 14.4 Å². The van der Waals surface area contributed by atoms with E-state index in [1.54, 1.807) is 12.2 Å². The zero-order valence-corrected chi connectivity index (χ0v) is 41.4. The van der Waals surface area contributed by atoms with Gasteiger partial charge in [0.05, 0.1) is 22.6 Å². The molecule has 0 saturated carbocycles. The third-order valence-corrected chi connectivity index (χ3v) is 11.6. The number of hydrogen-bond acceptors (Lipinski definition) is 5. The molecule has 0 spiro atoms. The summed E-state index contributed by atoms with van der Waals surface area (Å²) in [6.07, 6.45) is 11.2. The van der Waals surface area contributed by atoms with Gasteiger partial charge in [0.1, 0.15) is 36.2 Å². The molecule has 0 saturated heterocycles. The largest absolute Gasteiger partial charge is 0.505 e. The Balaban J connectivity index is 0.00000155. The predicted octanol–water partition coefficient (Wildman–Crippen LogP) is 17.4. The van der Waals surface area contributed by atoms with Gasteiger partial charge in [-0.3, -0.25) is 0 Å². The zero-order valence-electron chi connectivity index (χ0n) is 41.4. The predicted molar refractivity (Wildman–Crippen MR) is 298 cm³/mol. The minimum atomic E-state index is 0.0822. The molecule has 0 aliphatic heterocycles. The topological polar surface area (TPSA) is 67.1 Å². The van der Waals surface area contributed by atoms with E-state index in [9.17, 15) is 10.2 Å². The molecule has 8 rings (SSSR count). The summed E-state index contributed by atoms with van der Waals surface area (Å²) in [7, 11) is 0. The van der Waals surface area contributed by atoms with Gasteiger partial charge in [0.15, 0.2) is 0 Å². The van der Waals surface area contributed by atoms with E-state index in [4.69, 9.17) is 9.47 Å². The van der Waals surface area contributed by atoms with Crippen molar-refractivity contribution in [3.05, 3.63) is 248 Å². The van der Waals surface area contributed by atoms with Gasteiger partial charge in [-0.1, -0.05) is 162 Å². The van der Waals surface area contributed by atoms with Gasteiger partial charge in [-0.25, -0.2) is 0 Å². The molecule has 1 heterocycles. The Morgan fingerprint density at radius 1 is 0.614 bits per heavy atom. The summed E-state index contributed by atoms with van der Waals surface area (Å²) in [6.45, 7) is 32.4. The van der Waals surface area contributed by atoms with E-state index in [2.05, 4.69) is 39.0 Å². The van der Waals surface area contributed by atoms with Crippen LogP contribution >= 0.6 is 0 Å². The molecule has 7 aromatic carbocycles. The number of phenolic OH excluding ortho intramolecular Hbond substituents is 2. The first-order valence-corrected chi connectivity index (χ1v) is 23.5. The maximum atomic E-state index is 12.3. The fourth-order valence-corrected chi connectivity index (χ4v) is 8.39. The second-order valence-electron chi connectivity index (χ2n) is 16.4. The summed E-state index contributed by atoms with van der Waals surface area (Å²) in [4.78, 5) is 1.95. The van der Waals surface area contributed by atoms with E-state index in [0.717, 1.165) is 66.7 Å². The lowest BCUT2D eigenvalue weighted by atomic mass is 9.98. The number of aromatic nitrogens is 1. The molecule has 354 valence electrons. The van der Waals surface area contributed by atoms with Gasteiger partial charge in [0, 0.05) is 45.1 Å². The second-order valence-corrected chi connectivity index (χ2v) is 16.4. The number of anilines is 2. The van der Waals surface area contributed by atoms with Gasteiger partial charge >= 0.3 is 0 Å². The van der Waals surface area contributed by atoms with Crippen molar-refractivity contribution in [2.75, 3.05) is 4.90 Å². The van der Waals surface area contributed by atoms with Crippen LogP contribution in [0.3, 0.4) is 0 Å². The van der Waals surface area contributed by atoms with E-state index in [-0.39, 0.29) is 24.7 Å². The van der Waals surface area contributed by atoms with Crippen molar-refractivity contribution < 1.29 is 19.7 Å². The SMILES string of the molecule is C=CC.C=CC(=C)c1ccccc1N(C(=C)/C=C\C)c1cc(C)cc(-c2ccccc2OCc2ccccc2COc2ccccc2-c2cc(C)cc(-n3cc(C=C)c4ccccc43)c2O)c1O.CC. The molecule has 2 N–H and O–H groups in total. The lowest BCUT2D eigenvalue weighted by Crippen LogP contribution is -2.16. The summed E-state index contributed by atoms with van der Waals surface area (Å²) in [5.41, 5.74) is 13.0. The van der Waals surface area contributed by atoms with Crippen LogP contribution in [0.25, 0.3) is 50.5 Å². The standard InChI is InChI=1S/C59H52N2O4.C3H6.C2H6/c1-8-21-42(7)61(53-29-18-13-24-46(53)41(6)9-2)55-35-40(5)33-51(59(55)63)49-27-16-20-31-57(49)65-38-45-23-12-11-22-44(45)37-64-56-30-19-15-26-48(56)50-32-39(4)34-54(58(50)62)60-36-43(10-3)47-25-14-17-28-52(47)60;1-3-2;1-2/h8-36,62-63H,2-3,6-7,37-38H2,1,4-5H3;3H,1H2,2H3;1-2H3/b21-8-;;. The Bertz CT molecular complexity index is 3200. The lowest BCUT2D eigenvalue weighted by molar-refractivity contribution is 0.286. The van der Waals surface area contributed by atoms with Crippen LogP contribution in [-0.4, -0.2) is 14.8 Å². The van der Waals surface area contributed by atoms with Crippen molar-refractivity contribution >= 4 is 33.9 Å². The maximum Gasteiger partial charge on any atom is 0.147 e. The average Bonchev–Trinajstić information content (AvgIpc) is 3.76. The molecule has 0 radical (unpaired) electrons. The Kier molecular flexibility index (Phi) is 17.5. The number of phenols is 2. The number of fused-ring (bicyclic) bond motifs is 1. The van der Waals surface area contributed by atoms with Crippen molar-refractivity contribution in [2.24, 2.45) is 0 Å². The van der Waals surface area contributed by atoms with Crippen molar-refractivity contribution in [1.29, 1.82) is 0 Å². The van der Waals surface area contributed by atoms with Crippen molar-refractivity contribution in [1.82, 2.24) is 4.57 Å².